The van der Waals surface area contributed by atoms with E-state index in [0.717, 1.165) is 88.1 Å². The summed E-state index contributed by atoms with van der Waals surface area (Å²) in [6.07, 6.45) is 0. The second-order valence-electron chi connectivity index (χ2n) is 13.0. The van der Waals surface area contributed by atoms with Crippen molar-refractivity contribution < 1.29 is 4.42 Å². The van der Waals surface area contributed by atoms with Crippen LogP contribution in [0.4, 0.5) is 0 Å². The Bertz CT molecular complexity index is 3330. The van der Waals surface area contributed by atoms with Gasteiger partial charge in [-0.2, -0.15) is 0 Å². The fourth-order valence-electron chi connectivity index (χ4n) is 8.31. The SMILES string of the molecule is c1ccc(-n2c3ccccc3c3cc(-c4cc5c6nc7ccccc7nc6n6c7ccc8c9ccccc9oc8c7c(c4)c56)ccc32)cc1. The van der Waals surface area contributed by atoms with Gasteiger partial charge in [-0.1, -0.05) is 72.8 Å². The summed E-state index contributed by atoms with van der Waals surface area (Å²) in [5, 5.41) is 8.04. The number of furan rings is 1. The van der Waals surface area contributed by atoms with E-state index in [1.54, 1.807) is 0 Å². The Morgan fingerprint density at radius 2 is 1.16 bits per heavy atom. The molecule has 0 N–H and O–H groups in total. The molecule has 0 saturated heterocycles. The Kier molecular flexibility index (Phi) is 4.66. The summed E-state index contributed by atoms with van der Waals surface area (Å²) in [6, 6.07) is 51.7. The molecule has 5 aromatic heterocycles. The lowest BCUT2D eigenvalue weighted by Gasteiger charge is -2.08. The van der Waals surface area contributed by atoms with E-state index < -0.39 is 0 Å². The Hall–Kier alpha value is -6.72. The van der Waals surface area contributed by atoms with Crippen molar-refractivity contribution in [3.8, 4) is 16.8 Å². The normalized spacial score (nSPS) is 12.5. The van der Waals surface area contributed by atoms with Crippen molar-refractivity contribution in [3.05, 3.63) is 146 Å². The van der Waals surface area contributed by atoms with Crippen LogP contribution in [0.25, 0.3) is 110 Å². The zero-order valence-electron chi connectivity index (χ0n) is 26.1. The smallest absolute Gasteiger partial charge is 0.165 e. The van der Waals surface area contributed by atoms with E-state index in [2.05, 4.69) is 124 Å². The van der Waals surface area contributed by atoms with Crippen LogP contribution in [0.1, 0.15) is 0 Å². The van der Waals surface area contributed by atoms with Gasteiger partial charge in [-0.25, -0.2) is 9.97 Å². The van der Waals surface area contributed by atoms with Crippen LogP contribution >= 0.6 is 0 Å². The van der Waals surface area contributed by atoms with Gasteiger partial charge in [0.15, 0.2) is 5.65 Å². The predicted octanol–water partition coefficient (Wildman–Crippen LogP) is 11.4. The van der Waals surface area contributed by atoms with Gasteiger partial charge in [0.2, 0.25) is 0 Å². The van der Waals surface area contributed by atoms with Gasteiger partial charge < -0.3 is 8.98 Å². The van der Waals surface area contributed by atoms with Crippen molar-refractivity contribution in [2.45, 2.75) is 0 Å². The van der Waals surface area contributed by atoms with Gasteiger partial charge in [0.1, 0.15) is 16.7 Å². The molecule has 5 heterocycles. The van der Waals surface area contributed by atoms with Gasteiger partial charge in [-0.15, -0.1) is 0 Å². The second kappa shape index (κ2) is 9.00. The van der Waals surface area contributed by atoms with E-state index in [1.807, 2.05) is 30.3 Å². The molecule has 0 aliphatic carbocycles. The molecule has 49 heavy (non-hydrogen) atoms. The Labute approximate surface area is 278 Å². The number of hydrogen-bond donors (Lipinski definition) is 0. The summed E-state index contributed by atoms with van der Waals surface area (Å²) in [5.41, 5.74) is 13.4. The van der Waals surface area contributed by atoms with Gasteiger partial charge >= 0.3 is 0 Å². The van der Waals surface area contributed by atoms with Gasteiger partial charge in [0.25, 0.3) is 0 Å². The molecule has 7 aromatic carbocycles. The lowest BCUT2D eigenvalue weighted by molar-refractivity contribution is 0.673. The van der Waals surface area contributed by atoms with Crippen molar-refractivity contribution in [1.82, 2.24) is 18.9 Å². The molecule has 226 valence electrons. The van der Waals surface area contributed by atoms with Crippen molar-refractivity contribution in [3.63, 3.8) is 0 Å². The van der Waals surface area contributed by atoms with Gasteiger partial charge in [0.05, 0.1) is 38.5 Å². The molecule has 0 aliphatic rings. The summed E-state index contributed by atoms with van der Waals surface area (Å²) in [4.78, 5) is 10.4. The van der Waals surface area contributed by atoms with Crippen LogP contribution in [-0.2, 0) is 0 Å². The zero-order valence-corrected chi connectivity index (χ0v) is 26.1. The highest BCUT2D eigenvalue weighted by molar-refractivity contribution is 6.30. The fraction of sp³-hybridized carbons (Fsp3) is 0. The maximum absolute atomic E-state index is 6.65. The Morgan fingerprint density at radius 1 is 0.469 bits per heavy atom. The molecule has 0 unspecified atom stereocenters. The van der Waals surface area contributed by atoms with Crippen LogP contribution in [0.5, 0.6) is 0 Å². The Balaban J connectivity index is 1.22. The number of hydrogen-bond acceptors (Lipinski definition) is 3. The third-order valence-corrected chi connectivity index (χ3v) is 10.4. The number of fused-ring (bicyclic) bond motifs is 14. The highest BCUT2D eigenvalue weighted by Gasteiger charge is 2.24. The predicted molar refractivity (Wildman–Crippen MR) is 201 cm³/mol. The van der Waals surface area contributed by atoms with E-state index in [4.69, 9.17) is 14.4 Å². The first-order chi connectivity index (χ1) is 24.3. The molecule has 0 aliphatic heterocycles. The number of benzene rings is 7. The largest absolute Gasteiger partial charge is 0.455 e. The second-order valence-corrected chi connectivity index (χ2v) is 13.0. The molecule has 12 rings (SSSR count). The zero-order chi connectivity index (χ0) is 31.8. The average Bonchev–Trinajstić information content (AvgIpc) is 3.89. The summed E-state index contributed by atoms with van der Waals surface area (Å²) in [5.74, 6) is 0. The molecule has 0 fully saturated rings. The summed E-state index contributed by atoms with van der Waals surface area (Å²) in [7, 11) is 0. The van der Waals surface area contributed by atoms with Crippen LogP contribution in [0, 0.1) is 0 Å². The fourth-order valence-corrected chi connectivity index (χ4v) is 8.31. The molecule has 5 heteroatoms. The van der Waals surface area contributed by atoms with Crippen LogP contribution in [0.2, 0.25) is 0 Å². The van der Waals surface area contributed by atoms with Gasteiger partial charge in [-0.05, 0) is 83.9 Å². The third-order valence-electron chi connectivity index (χ3n) is 10.4. The summed E-state index contributed by atoms with van der Waals surface area (Å²) >= 11 is 0. The van der Waals surface area contributed by atoms with Crippen molar-refractivity contribution in [1.29, 1.82) is 0 Å². The van der Waals surface area contributed by atoms with E-state index in [-0.39, 0.29) is 0 Å². The van der Waals surface area contributed by atoms with E-state index in [9.17, 15) is 0 Å². The molecule has 12 aromatic rings. The van der Waals surface area contributed by atoms with Crippen LogP contribution in [0.3, 0.4) is 0 Å². The highest BCUT2D eigenvalue weighted by atomic mass is 16.3. The monoisotopic (exact) mass is 624 g/mol. The maximum atomic E-state index is 6.65. The maximum Gasteiger partial charge on any atom is 0.165 e. The number of nitrogens with zero attached hydrogens (tertiary/aromatic N) is 4. The van der Waals surface area contributed by atoms with E-state index in [0.29, 0.717) is 0 Å². The lowest BCUT2D eigenvalue weighted by Crippen LogP contribution is -1.92. The average molecular weight is 625 g/mol. The highest BCUT2D eigenvalue weighted by Crippen LogP contribution is 2.45. The van der Waals surface area contributed by atoms with Crippen molar-refractivity contribution >= 4 is 93.1 Å². The molecule has 5 nitrogen and oxygen atoms in total. The number of aromatic nitrogens is 4. The molecule has 0 radical (unpaired) electrons. The van der Waals surface area contributed by atoms with Gasteiger partial charge in [-0.3, -0.25) is 4.40 Å². The van der Waals surface area contributed by atoms with Gasteiger partial charge in [0, 0.05) is 38.0 Å². The lowest BCUT2D eigenvalue weighted by atomic mass is 9.98. The Morgan fingerprint density at radius 3 is 2.06 bits per heavy atom. The molecule has 0 amide bonds. The molecule has 0 saturated carbocycles. The standard InChI is InChI=1S/C44H24N4O/c1-2-10-27(11-3-1)47-36-16-8-4-12-28(36)31-22-25(18-20-37(31)47)26-23-32-40-38(21-19-30-29-13-5-9-17-39(29)49-43(30)40)48-42(32)33(24-26)41-44(48)46-35-15-7-6-14-34(35)45-41/h1-24H. The first-order valence-corrected chi connectivity index (χ1v) is 16.6. The van der Waals surface area contributed by atoms with Crippen LogP contribution < -0.4 is 0 Å². The minimum Gasteiger partial charge on any atom is -0.455 e. The topological polar surface area (TPSA) is 48.3 Å². The first kappa shape index (κ1) is 25.4. The molecular weight excluding hydrogens is 601 g/mol. The minimum atomic E-state index is 0.864. The molecule has 0 atom stereocenters. The number of para-hydroxylation sites is 5. The summed E-state index contributed by atoms with van der Waals surface area (Å²) in [6.45, 7) is 0. The van der Waals surface area contributed by atoms with Crippen molar-refractivity contribution in [2.75, 3.05) is 0 Å². The first-order valence-electron chi connectivity index (χ1n) is 16.6. The van der Waals surface area contributed by atoms with Crippen molar-refractivity contribution in [2.24, 2.45) is 0 Å². The summed E-state index contributed by atoms with van der Waals surface area (Å²) < 4.78 is 11.3. The van der Waals surface area contributed by atoms with Crippen LogP contribution in [0.15, 0.2) is 150 Å². The van der Waals surface area contributed by atoms with E-state index in [1.165, 1.54) is 21.8 Å². The van der Waals surface area contributed by atoms with Crippen LogP contribution in [-0.4, -0.2) is 18.9 Å². The van der Waals surface area contributed by atoms with E-state index >= 15 is 0 Å². The third kappa shape index (κ3) is 3.24. The quantitative estimate of drug-likeness (QED) is 0.192. The molecule has 0 spiro atoms. The molecular formula is C44H24N4O. The minimum absolute atomic E-state index is 0.864. The number of rotatable bonds is 2. The molecule has 0 bridgehead atoms.